The summed E-state index contributed by atoms with van der Waals surface area (Å²) in [5.41, 5.74) is 1.10. The Kier molecular flexibility index (Phi) is 5.74. The molecule has 0 aliphatic heterocycles. The Morgan fingerprint density at radius 2 is 2.06 bits per heavy atom. The van der Waals surface area contributed by atoms with Crippen molar-refractivity contribution in [2.24, 2.45) is 5.92 Å². The lowest BCUT2D eigenvalue weighted by molar-refractivity contribution is 0.0118. The van der Waals surface area contributed by atoms with Gasteiger partial charge in [0.15, 0.2) is 0 Å². The van der Waals surface area contributed by atoms with Crippen LogP contribution in [0.5, 0.6) is 0 Å². The van der Waals surface area contributed by atoms with E-state index in [1.165, 1.54) is 0 Å². The van der Waals surface area contributed by atoms with Crippen LogP contribution in [0.25, 0.3) is 0 Å². The normalized spacial score (nSPS) is 14.4. The van der Waals surface area contributed by atoms with E-state index >= 15 is 0 Å². The van der Waals surface area contributed by atoms with Crippen molar-refractivity contribution in [3.8, 4) is 0 Å². The van der Waals surface area contributed by atoms with Gasteiger partial charge in [-0.1, -0.05) is 41.1 Å². The van der Waals surface area contributed by atoms with E-state index in [0.29, 0.717) is 13.2 Å². The molecule has 1 aromatic carbocycles. The van der Waals surface area contributed by atoms with Crippen LogP contribution in [0.15, 0.2) is 41.4 Å². The van der Waals surface area contributed by atoms with E-state index in [9.17, 15) is 5.11 Å². The summed E-state index contributed by atoms with van der Waals surface area (Å²) in [6.45, 7) is 6.41. The molecule has 0 bridgehead atoms. The fourth-order valence-electron chi connectivity index (χ4n) is 1.19. The summed E-state index contributed by atoms with van der Waals surface area (Å²) in [6, 6.07) is 7.93. The van der Waals surface area contributed by atoms with E-state index in [4.69, 9.17) is 4.74 Å². The molecule has 0 fully saturated rings. The van der Waals surface area contributed by atoms with Gasteiger partial charge in [0, 0.05) is 10.4 Å². The molecule has 88 valence electrons. The highest BCUT2D eigenvalue weighted by molar-refractivity contribution is 9.10. The zero-order valence-corrected chi connectivity index (χ0v) is 11.0. The maximum atomic E-state index is 9.64. The van der Waals surface area contributed by atoms with Gasteiger partial charge >= 0.3 is 0 Å². The Morgan fingerprint density at radius 3 is 2.62 bits per heavy atom. The lowest BCUT2D eigenvalue weighted by atomic mass is 10.1. The van der Waals surface area contributed by atoms with Crippen molar-refractivity contribution < 1.29 is 9.84 Å². The van der Waals surface area contributed by atoms with Crippen molar-refractivity contribution in [3.05, 3.63) is 47.0 Å². The highest BCUT2D eigenvalue weighted by atomic mass is 79.9. The Labute approximate surface area is 105 Å². The molecule has 0 radical (unpaired) electrons. The second kappa shape index (κ2) is 6.84. The van der Waals surface area contributed by atoms with Gasteiger partial charge in [-0.15, -0.1) is 6.58 Å². The summed E-state index contributed by atoms with van der Waals surface area (Å²) in [5.74, 6) is 0.0601. The summed E-state index contributed by atoms with van der Waals surface area (Å²) in [6.07, 6.45) is 1.25. The first-order valence-electron chi connectivity index (χ1n) is 5.26. The van der Waals surface area contributed by atoms with Gasteiger partial charge in [-0.25, -0.2) is 0 Å². The monoisotopic (exact) mass is 284 g/mol. The van der Waals surface area contributed by atoms with Gasteiger partial charge in [0.05, 0.1) is 19.3 Å². The lowest BCUT2D eigenvalue weighted by Crippen LogP contribution is -2.22. The van der Waals surface area contributed by atoms with E-state index in [1.807, 2.05) is 31.2 Å². The number of benzene rings is 1. The average molecular weight is 285 g/mol. The van der Waals surface area contributed by atoms with Crippen LogP contribution in [0.3, 0.4) is 0 Å². The standard InChI is InChI=1S/C13H17BrO2/c1-3-10(2)13(15)9-16-8-11-4-6-12(14)7-5-11/h3-7,10,13,15H,1,8-9H2,2H3/t10-,13-/m0/s1. The quantitative estimate of drug-likeness (QED) is 0.814. The van der Waals surface area contributed by atoms with Crippen molar-refractivity contribution in [3.63, 3.8) is 0 Å². The predicted octanol–water partition coefficient (Wildman–Crippen LogP) is 3.15. The number of aliphatic hydroxyl groups is 1. The molecule has 3 heteroatoms. The third-order valence-corrected chi connectivity index (χ3v) is 2.98. The van der Waals surface area contributed by atoms with Crippen LogP contribution in [-0.2, 0) is 11.3 Å². The molecule has 2 atom stereocenters. The van der Waals surface area contributed by atoms with E-state index in [0.717, 1.165) is 10.0 Å². The topological polar surface area (TPSA) is 29.5 Å². The molecule has 1 rings (SSSR count). The molecular weight excluding hydrogens is 268 g/mol. The fourth-order valence-corrected chi connectivity index (χ4v) is 1.45. The summed E-state index contributed by atoms with van der Waals surface area (Å²) < 4.78 is 6.48. The number of aliphatic hydroxyl groups excluding tert-OH is 1. The number of halogens is 1. The molecule has 0 unspecified atom stereocenters. The minimum absolute atomic E-state index is 0.0601. The molecular formula is C13H17BrO2. The first-order chi connectivity index (χ1) is 7.63. The van der Waals surface area contributed by atoms with Gasteiger partial charge in [0.25, 0.3) is 0 Å². The van der Waals surface area contributed by atoms with Crippen LogP contribution in [0.4, 0.5) is 0 Å². The van der Waals surface area contributed by atoms with Crippen LogP contribution in [0, 0.1) is 5.92 Å². The number of hydrogen-bond acceptors (Lipinski definition) is 2. The maximum absolute atomic E-state index is 9.64. The highest BCUT2D eigenvalue weighted by Gasteiger charge is 2.10. The Morgan fingerprint density at radius 1 is 1.44 bits per heavy atom. The van der Waals surface area contributed by atoms with Crippen molar-refractivity contribution in [1.82, 2.24) is 0 Å². The van der Waals surface area contributed by atoms with Crippen molar-refractivity contribution in [1.29, 1.82) is 0 Å². The minimum Gasteiger partial charge on any atom is -0.390 e. The third-order valence-electron chi connectivity index (χ3n) is 2.45. The highest BCUT2D eigenvalue weighted by Crippen LogP contribution is 2.12. The van der Waals surface area contributed by atoms with Crippen LogP contribution in [0.2, 0.25) is 0 Å². The van der Waals surface area contributed by atoms with E-state index in [-0.39, 0.29) is 5.92 Å². The molecule has 0 saturated carbocycles. The number of rotatable bonds is 6. The molecule has 0 aliphatic rings. The molecule has 0 aromatic heterocycles. The van der Waals surface area contributed by atoms with Gasteiger partial charge in [0.2, 0.25) is 0 Å². The Hall–Kier alpha value is -0.640. The second-order valence-electron chi connectivity index (χ2n) is 3.80. The molecule has 16 heavy (non-hydrogen) atoms. The van der Waals surface area contributed by atoms with Crippen LogP contribution in [-0.4, -0.2) is 17.8 Å². The molecule has 0 saturated heterocycles. The second-order valence-corrected chi connectivity index (χ2v) is 4.72. The maximum Gasteiger partial charge on any atom is 0.0833 e. The molecule has 0 aliphatic carbocycles. The van der Waals surface area contributed by atoms with E-state index in [2.05, 4.69) is 22.5 Å². The summed E-state index contributed by atoms with van der Waals surface area (Å²) in [4.78, 5) is 0. The fraction of sp³-hybridized carbons (Fsp3) is 0.385. The summed E-state index contributed by atoms with van der Waals surface area (Å²) in [5, 5.41) is 9.64. The van der Waals surface area contributed by atoms with Crippen molar-refractivity contribution >= 4 is 15.9 Å². The summed E-state index contributed by atoms with van der Waals surface area (Å²) >= 11 is 3.37. The predicted molar refractivity (Wildman–Crippen MR) is 69.2 cm³/mol. The van der Waals surface area contributed by atoms with Gasteiger partial charge in [-0.2, -0.15) is 0 Å². The molecule has 0 amide bonds. The number of ether oxygens (including phenoxy) is 1. The molecule has 2 nitrogen and oxygen atoms in total. The van der Waals surface area contributed by atoms with Crippen molar-refractivity contribution in [2.45, 2.75) is 19.6 Å². The van der Waals surface area contributed by atoms with Crippen LogP contribution >= 0.6 is 15.9 Å². The minimum atomic E-state index is -0.479. The van der Waals surface area contributed by atoms with E-state index < -0.39 is 6.10 Å². The molecule has 0 heterocycles. The molecule has 0 spiro atoms. The average Bonchev–Trinajstić information content (AvgIpc) is 2.30. The van der Waals surface area contributed by atoms with E-state index in [1.54, 1.807) is 6.08 Å². The van der Waals surface area contributed by atoms with Gasteiger partial charge in [-0.05, 0) is 17.7 Å². The first kappa shape index (κ1) is 13.4. The number of hydrogen-bond donors (Lipinski definition) is 1. The van der Waals surface area contributed by atoms with Crippen LogP contribution < -0.4 is 0 Å². The van der Waals surface area contributed by atoms with Crippen molar-refractivity contribution in [2.75, 3.05) is 6.61 Å². The molecule has 1 N–H and O–H groups in total. The zero-order chi connectivity index (χ0) is 12.0. The van der Waals surface area contributed by atoms with Gasteiger partial charge < -0.3 is 9.84 Å². The lowest BCUT2D eigenvalue weighted by Gasteiger charge is -2.15. The third kappa shape index (κ3) is 4.47. The van der Waals surface area contributed by atoms with Gasteiger partial charge in [0.1, 0.15) is 0 Å². The Balaban J connectivity index is 2.30. The first-order valence-corrected chi connectivity index (χ1v) is 6.05. The summed E-state index contributed by atoms with van der Waals surface area (Å²) in [7, 11) is 0. The SMILES string of the molecule is C=C[C@H](C)[C@@H](O)COCc1ccc(Br)cc1. The molecule has 1 aromatic rings. The smallest absolute Gasteiger partial charge is 0.0833 e. The van der Waals surface area contributed by atoms with Crippen LogP contribution in [0.1, 0.15) is 12.5 Å². The Bertz CT molecular complexity index is 321. The van der Waals surface area contributed by atoms with Gasteiger partial charge in [-0.3, -0.25) is 0 Å². The zero-order valence-electron chi connectivity index (χ0n) is 9.40. The largest absolute Gasteiger partial charge is 0.390 e.